The summed E-state index contributed by atoms with van der Waals surface area (Å²) in [5.74, 6) is -0.858. The molecule has 0 unspecified atom stereocenters. The molecule has 0 aromatic heterocycles. The predicted octanol–water partition coefficient (Wildman–Crippen LogP) is -0.132. The van der Waals surface area contributed by atoms with Gasteiger partial charge < -0.3 is 15.7 Å². The van der Waals surface area contributed by atoms with Crippen LogP contribution in [0.1, 0.15) is 33.1 Å². The molecule has 4 N–H and O–H groups in total. The van der Waals surface area contributed by atoms with Gasteiger partial charge in [0.2, 0.25) is 10.0 Å². The number of hydrogen-bond acceptors (Lipinski definition) is 4. The molecule has 0 bridgehead atoms. The second kappa shape index (κ2) is 8.05. The van der Waals surface area contributed by atoms with Crippen molar-refractivity contribution in [3.8, 4) is 0 Å². The summed E-state index contributed by atoms with van der Waals surface area (Å²) in [4.78, 5) is 21.7. The van der Waals surface area contributed by atoms with Crippen LogP contribution in [0.4, 0.5) is 4.79 Å². The minimum absolute atomic E-state index is 0.0780. The molecule has 0 heterocycles. The van der Waals surface area contributed by atoms with Gasteiger partial charge >= 0.3 is 12.0 Å². The Labute approximate surface area is 119 Å². The van der Waals surface area contributed by atoms with Gasteiger partial charge in [0, 0.05) is 25.0 Å². The number of rotatable bonds is 9. The average molecular weight is 309 g/mol. The van der Waals surface area contributed by atoms with Crippen LogP contribution in [-0.2, 0) is 14.8 Å². The van der Waals surface area contributed by atoms with Crippen molar-refractivity contribution in [1.29, 1.82) is 0 Å². The Kier molecular flexibility index (Phi) is 7.51. The Morgan fingerprint density at radius 3 is 2.25 bits per heavy atom. The summed E-state index contributed by atoms with van der Waals surface area (Å²) in [6, 6.07) is -0.413. The highest BCUT2D eigenvalue weighted by molar-refractivity contribution is 7.88. The molecule has 9 heteroatoms. The van der Waals surface area contributed by atoms with Crippen molar-refractivity contribution in [2.45, 2.75) is 38.6 Å². The topological polar surface area (TPSA) is 125 Å². The van der Waals surface area contributed by atoms with Gasteiger partial charge in [0.1, 0.15) is 0 Å². The minimum atomic E-state index is -3.34. The summed E-state index contributed by atoms with van der Waals surface area (Å²) in [5.41, 5.74) is -0.784. The molecule has 0 saturated carbocycles. The molecule has 0 aromatic rings. The van der Waals surface area contributed by atoms with Crippen molar-refractivity contribution in [1.82, 2.24) is 15.4 Å². The lowest BCUT2D eigenvalue weighted by Crippen LogP contribution is -2.52. The van der Waals surface area contributed by atoms with E-state index in [2.05, 4.69) is 15.4 Å². The SMILES string of the molecule is CC(C)(CNC(=O)NCCCCC(=O)O)NS(C)(=O)=O. The van der Waals surface area contributed by atoms with Crippen LogP contribution in [0, 0.1) is 0 Å². The summed E-state index contributed by atoms with van der Waals surface area (Å²) in [6.45, 7) is 3.82. The van der Waals surface area contributed by atoms with E-state index in [0.717, 1.165) is 6.26 Å². The van der Waals surface area contributed by atoms with Gasteiger partial charge in [-0.2, -0.15) is 0 Å². The number of carbonyl (C=O) groups is 2. The normalized spacial score (nSPS) is 11.9. The Morgan fingerprint density at radius 2 is 1.75 bits per heavy atom. The lowest BCUT2D eigenvalue weighted by molar-refractivity contribution is -0.137. The third-order valence-electron chi connectivity index (χ3n) is 2.26. The van der Waals surface area contributed by atoms with Crippen molar-refractivity contribution in [2.24, 2.45) is 0 Å². The van der Waals surface area contributed by atoms with E-state index < -0.39 is 27.6 Å². The number of urea groups is 1. The number of aliphatic carboxylic acids is 1. The van der Waals surface area contributed by atoms with Gasteiger partial charge in [-0.25, -0.2) is 17.9 Å². The van der Waals surface area contributed by atoms with Crippen LogP contribution in [0.25, 0.3) is 0 Å². The molecule has 0 aliphatic rings. The largest absolute Gasteiger partial charge is 0.481 e. The highest BCUT2D eigenvalue weighted by Gasteiger charge is 2.22. The van der Waals surface area contributed by atoms with Crippen molar-refractivity contribution >= 4 is 22.0 Å². The first-order chi connectivity index (χ1) is 9.02. The minimum Gasteiger partial charge on any atom is -0.481 e. The smallest absolute Gasteiger partial charge is 0.314 e. The van der Waals surface area contributed by atoms with Crippen LogP contribution >= 0.6 is 0 Å². The van der Waals surface area contributed by atoms with Gasteiger partial charge in [-0.3, -0.25) is 4.79 Å². The molecular formula is C11H23N3O5S. The number of hydrogen-bond donors (Lipinski definition) is 4. The summed E-state index contributed by atoms with van der Waals surface area (Å²) in [5, 5.41) is 13.6. The highest BCUT2D eigenvalue weighted by atomic mass is 32.2. The van der Waals surface area contributed by atoms with E-state index in [-0.39, 0.29) is 13.0 Å². The van der Waals surface area contributed by atoms with E-state index in [9.17, 15) is 18.0 Å². The molecule has 0 atom stereocenters. The molecule has 0 rings (SSSR count). The first-order valence-electron chi connectivity index (χ1n) is 6.24. The van der Waals surface area contributed by atoms with Crippen molar-refractivity contribution in [3.05, 3.63) is 0 Å². The summed E-state index contributed by atoms with van der Waals surface area (Å²) in [7, 11) is -3.34. The Hall–Kier alpha value is -1.35. The second-order valence-corrected chi connectivity index (χ2v) is 6.97. The number of carboxylic acid groups (broad SMARTS) is 1. The zero-order valence-corrected chi connectivity index (χ0v) is 12.8. The van der Waals surface area contributed by atoms with Gasteiger partial charge in [0.05, 0.1) is 6.26 Å². The summed E-state index contributed by atoms with van der Waals surface area (Å²) in [6.07, 6.45) is 2.20. The molecule has 0 aromatic carbocycles. The van der Waals surface area contributed by atoms with Gasteiger partial charge in [-0.15, -0.1) is 0 Å². The fraction of sp³-hybridized carbons (Fsp3) is 0.818. The molecule has 8 nitrogen and oxygen atoms in total. The maximum absolute atomic E-state index is 11.4. The van der Waals surface area contributed by atoms with E-state index in [1.165, 1.54) is 0 Å². The number of unbranched alkanes of at least 4 members (excludes halogenated alkanes) is 1. The quantitative estimate of drug-likeness (QED) is 0.442. The first-order valence-corrected chi connectivity index (χ1v) is 8.13. The van der Waals surface area contributed by atoms with Crippen LogP contribution < -0.4 is 15.4 Å². The number of sulfonamides is 1. The molecule has 0 aliphatic heterocycles. The lowest BCUT2D eigenvalue weighted by atomic mass is 10.1. The molecule has 20 heavy (non-hydrogen) atoms. The molecular weight excluding hydrogens is 286 g/mol. The maximum Gasteiger partial charge on any atom is 0.314 e. The number of carboxylic acids is 1. The van der Waals surface area contributed by atoms with Crippen LogP contribution in [-0.4, -0.2) is 50.4 Å². The number of amides is 2. The van der Waals surface area contributed by atoms with E-state index in [1.54, 1.807) is 13.8 Å². The molecule has 0 saturated heterocycles. The molecule has 0 aliphatic carbocycles. The second-order valence-electron chi connectivity index (χ2n) is 5.22. The van der Waals surface area contributed by atoms with Crippen molar-refractivity contribution in [3.63, 3.8) is 0 Å². The van der Waals surface area contributed by atoms with E-state index in [1.807, 2.05) is 0 Å². The zero-order chi connectivity index (χ0) is 15.8. The Morgan fingerprint density at radius 1 is 1.15 bits per heavy atom. The third kappa shape index (κ3) is 11.7. The van der Waals surface area contributed by atoms with Gasteiger partial charge in [0.15, 0.2) is 0 Å². The van der Waals surface area contributed by atoms with Gasteiger partial charge in [-0.1, -0.05) is 0 Å². The number of carbonyl (C=O) groups excluding carboxylic acids is 1. The van der Waals surface area contributed by atoms with Crippen molar-refractivity contribution in [2.75, 3.05) is 19.3 Å². The Balaban J connectivity index is 3.85. The van der Waals surface area contributed by atoms with Gasteiger partial charge in [-0.05, 0) is 26.7 Å². The predicted molar refractivity (Wildman–Crippen MR) is 74.9 cm³/mol. The third-order valence-corrected chi connectivity index (χ3v) is 3.18. The fourth-order valence-corrected chi connectivity index (χ4v) is 2.58. The first kappa shape index (κ1) is 18.7. The summed E-state index contributed by atoms with van der Waals surface area (Å²) < 4.78 is 24.6. The molecule has 2 amide bonds. The highest BCUT2D eigenvalue weighted by Crippen LogP contribution is 2.01. The van der Waals surface area contributed by atoms with Crippen LogP contribution in [0.5, 0.6) is 0 Å². The molecule has 0 fully saturated rings. The fourth-order valence-electron chi connectivity index (χ4n) is 1.50. The van der Waals surface area contributed by atoms with Gasteiger partial charge in [0.25, 0.3) is 0 Å². The maximum atomic E-state index is 11.4. The lowest BCUT2D eigenvalue weighted by Gasteiger charge is -2.25. The zero-order valence-electron chi connectivity index (χ0n) is 12.0. The van der Waals surface area contributed by atoms with E-state index in [4.69, 9.17) is 5.11 Å². The standard InChI is InChI=1S/C11H23N3O5S/c1-11(2,14-20(3,18)19)8-13-10(17)12-7-5-4-6-9(15)16/h14H,4-8H2,1-3H3,(H,15,16)(H2,12,13,17). The molecule has 0 spiro atoms. The van der Waals surface area contributed by atoms with E-state index >= 15 is 0 Å². The molecule has 118 valence electrons. The van der Waals surface area contributed by atoms with Crippen LogP contribution in [0.15, 0.2) is 0 Å². The van der Waals surface area contributed by atoms with Crippen molar-refractivity contribution < 1.29 is 23.1 Å². The molecule has 0 radical (unpaired) electrons. The summed E-state index contributed by atoms with van der Waals surface area (Å²) >= 11 is 0. The monoisotopic (exact) mass is 309 g/mol. The number of nitrogens with one attached hydrogen (secondary N) is 3. The van der Waals surface area contributed by atoms with E-state index in [0.29, 0.717) is 19.4 Å². The van der Waals surface area contributed by atoms with Crippen LogP contribution in [0.2, 0.25) is 0 Å². The Bertz CT molecular complexity index is 433. The van der Waals surface area contributed by atoms with Crippen LogP contribution in [0.3, 0.4) is 0 Å². The average Bonchev–Trinajstić information content (AvgIpc) is 2.22.